The van der Waals surface area contributed by atoms with Gasteiger partial charge in [0, 0.05) is 0 Å². The first-order valence-corrected chi connectivity index (χ1v) is 11.1. The Kier molecular flexibility index (Phi) is 5.91. The monoisotopic (exact) mass is 403 g/mol. The molecular weight excluding hydrogens is 378 g/mol. The summed E-state index contributed by atoms with van der Waals surface area (Å²) in [5, 5.41) is 0. The minimum absolute atomic E-state index is 0.140. The van der Waals surface area contributed by atoms with E-state index < -0.39 is 14.7 Å². The lowest BCUT2D eigenvalue weighted by Gasteiger charge is -2.23. The molecule has 3 rings (SSSR count). The molecule has 0 atom stereocenters. The van der Waals surface area contributed by atoms with E-state index in [2.05, 4.69) is 4.85 Å². The first kappa shape index (κ1) is 20.8. The molecule has 0 bridgehead atoms. The maximum absolute atomic E-state index is 13.7. The molecule has 4 heteroatoms. The Bertz CT molecular complexity index is 1070. The molecule has 29 heavy (non-hydrogen) atoms. The van der Waals surface area contributed by atoms with E-state index in [4.69, 9.17) is 6.57 Å². The highest BCUT2D eigenvalue weighted by molar-refractivity contribution is 7.93. The predicted molar refractivity (Wildman–Crippen MR) is 117 cm³/mol. The molecule has 0 saturated heterocycles. The van der Waals surface area contributed by atoms with Gasteiger partial charge in [0.25, 0.3) is 9.84 Å². The zero-order valence-electron chi connectivity index (χ0n) is 17.0. The second kappa shape index (κ2) is 8.23. The van der Waals surface area contributed by atoms with Crippen molar-refractivity contribution in [1.82, 2.24) is 0 Å². The normalized spacial score (nSPS) is 11.8. The fourth-order valence-electron chi connectivity index (χ4n) is 3.38. The van der Waals surface area contributed by atoms with Crippen LogP contribution < -0.4 is 0 Å². The van der Waals surface area contributed by atoms with E-state index in [0.29, 0.717) is 0 Å². The molecule has 3 aromatic carbocycles. The van der Waals surface area contributed by atoms with Gasteiger partial charge in [0.2, 0.25) is 0 Å². The smallest absolute Gasteiger partial charge is 0.292 e. The van der Waals surface area contributed by atoms with Gasteiger partial charge in [0.15, 0.2) is 0 Å². The Balaban J connectivity index is 2.12. The molecule has 0 heterocycles. The van der Waals surface area contributed by atoms with Crippen LogP contribution in [0.4, 0.5) is 0 Å². The fraction of sp³-hybridized carbons (Fsp3) is 0.240. The third kappa shape index (κ3) is 4.41. The maximum atomic E-state index is 13.7. The number of nitrogens with zero attached hydrogens (tertiary/aromatic N) is 1. The maximum Gasteiger partial charge on any atom is 0.341 e. The van der Waals surface area contributed by atoms with Gasteiger partial charge in [-0.25, -0.2) is 15.0 Å². The molecule has 0 N–H and O–H groups in total. The first-order chi connectivity index (χ1) is 13.8. The SMILES string of the molecule is [C-]#[N+]C(Cc1ccc(C)cc1)(Cc1ccc(C)cc1)S(=O)(=O)c1ccc(C)cc1. The molecule has 0 aliphatic carbocycles. The summed E-state index contributed by atoms with van der Waals surface area (Å²) in [7, 11) is -3.90. The number of benzene rings is 3. The first-order valence-electron chi connectivity index (χ1n) is 9.57. The van der Waals surface area contributed by atoms with Crippen molar-refractivity contribution in [2.45, 2.75) is 43.4 Å². The van der Waals surface area contributed by atoms with Crippen LogP contribution >= 0.6 is 0 Å². The van der Waals surface area contributed by atoms with Crippen LogP contribution in [0.15, 0.2) is 77.7 Å². The number of aryl methyl sites for hydroxylation is 3. The second-order valence-corrected chi connectivity index (χ2v) is 9.94. The minimum atomic E-state index is -3.90. The van der Waals surface area contributed by atoms with Gasteiger partial charge in [0.1, 0.15) is 0 Å². The van der Waals surface area contributed by atoms with E-state index in [-0.39, 0.29) is 17.7 Å². The van der Waals surface area contributed by atoms with E-state index in [9.17, 15) is 8.42 Å². The van der Waals surface area contributed by atoms with E-state index >= 15 is 0 Å². The number of hydrogen-bond acceptors (Lipinski definition) is 2. The Hall–Kier alpha value is -2.90. The topological polar surface area (TPSA) is 38.5 Å². The van der Waals surface area contributed by atoms with Crippen molar-refractivity contribution in [1.29, 1.82) is 0 Å². The molecule has 0 unspecified atom stereocenters. The Labute approximate surface area is 173 Å². The lowest BCUT2D eigenvalue weighted by atomic mass is 9.97. The standard InChI is InChI=1S/C25H25NO2S/c1-19-5-11-22(12-6-19)17-25(26-4,18-23-13-7-20(2)8-14-23)29(27,28)24-15-9-21(3)10-16-24/h5-16H,17-18H2,1-3H3. The van der Waals surface area contributed by atoms with E-state index in [1.807, 2.05) is 69.3 Å². The Morgan fingerprint density at radius 2 is 1.03 bits per heavy atom. The highest BCUT2D eigenvalue weighted by Crippen LogP contribution is 2.35. The fourth-order valence-corrected chi connectivity index (χ4v) is 5.14. The van der Waals surface area contributed by atoms with Crippen molar-refractivity contribution >= 4 is 9.84 Å². The molecule has 0 saturated carbocycles. The van der Waals surface area contributed by atoms with Gasteiger partial charge in [-0.05, 0) is 44.0 Å². The molecule has 148 valence electrons. The van der Waals surface area contributed by atoms with Crippen LogP contribution in [0.3, 0.4) is 0 Å². The molecular formula is C25H25NO2S. The number of sulfone groups is 1. The van der Waals surface area contributed by atoms with Gasteiger partial charge in [0.05, 0.1) is 17.7 Å². The summed E-state index contributed by atoms with van der Waals surface area (Å²) in [6, 6.07) is 22.2. The van der Waals surface area contributed by atoms with Crippen molar-refractivity contribution in [3.63, 3.8) is 0 Å². The summed E-state index contributed by atoms with van der Waals surface area (Å²) in [6.07, 6.45) is 0.279. The van der Waals surface area contributed by atoms with Gasteiger partial charge in [-0.2, -0.15) is 0 Å². The third-order valence-corrected chi connectivity index (χ3v) is 7.51. The highest BCUT2D eigenvalue weighted by Gasteiger charge is 2.51. The van der Waals surface area contributed by atoms with Crippen LogP contribution in [0.2, 0.25) is 0 Å². The van der Waals surface area contributed by atoms with Crippen LogP contribution in [0, 0.1) is 27.3 Å². The van der Waals surface area contributed by atoms with E-state index in [1.165, 1.54) is 0 Å². The largest absolute Gasteiger partial charge is 0.341 e. The van der Waals surface area contributed by atoms with Crippen molar-refractivity contribution in [3.8, 4) is 0 Å². The van der Waals surface area contributed by atoms with Gasteiger partial charge >= 0.3 is 4.87 Å². The summed E-state index contributed by atoms with van der Waals surface area (Å²) >= 11 is 0. The van der Waals surface area contributed by atoms with Crippen molar-refractivity contribution in [2.24, 2.45) is 0 Å². The van der Waals surface area contributed by atoms with Gasteiger partial charge in [-0.15, -0.1) is 0 Å². The summed E-state index contributed by atoms with van der Waals surface area (Å²) in [6.45, 7) is 13.9. The highest BCUT2D eigenvalue weighted by atomic mass is 32.2. The van der Waals surface area contributed by atoms with E-state index in [0.717, 1.165) is 27.8 Å². The zero-order valence-corrected chi connectivity index (χ0v) is 17.8. The quantitative estimate of drug-likeness (QED) is 0.511. The second-order valence-electron chi connectivity index (χ2n) is 7.70. The van der Waals surface area contributed by atoms with Gasteiger partial charge < -0.3 is 0 Å². The van der Waals surface area contributed by atoms with Crippen molar-refractivity contribution in [3.05, 3.63) is 112 Å². The average molecular weight is 404 g/mol. The van der Waals surface area contributed by atoms with Crippen LogP contribution in [-0.4, -0.2) is 13.3 Å². The molecule has 0 aliphatic rings. The lowest BCUT2D eigenvalue weighted by molar-refractivity contribution is 0.543. The predicted octanol–water partition coefficient (Wildman–Crippen LogP) is 5.49. The molecule has 3 aromatic rings. The zero-order chi connectivity index (χ0) is 21.1. The summed E-state index contributed by atoms with van der Waals surface area (Å²) in [4.78, 5) is 2.38. The molecule has 0 fully saturated rings. The summed E-state index contributed by atoms with van der Waals surface area (Å²) < 4.78 is 27.5. The number of rotatable bonds is 6. The summed E-state index contributed by atoms with van der Waals surface area (Å²) in [5.74, 6) is 0. The van der Waals surface area contributed by atoms with Crippen LogP contribution in [0.5, 0.6) is 0 Å². The van der Waals surface area contributed by atoms with Crippen LogP contribution in [0.1, 0.15) is 27.8 Å². The van der Waals surface area contributed by atoms with Crippen molar-refractivity contribution < 1.29 is 8.42 Å². The van der Waals surface area contributed by atoms with Crippen LogP contribution in [0.25, 0.3) is 4.85 Å². The summed E-state index contributed by atoms with van der Waals surface area (Å²) in [5.41, 5.74) is 4.86. The average Bonchev–Trinajstić information content (AvgIpc) is 2.71. The van der Waals surface area contributed by atoms with Crippen LogP contribution in [-0.2, 0) is 22.7 Å². The minimum Gasteiger partial charge on any atom is -0.292 e. The van der Waals surface area contributed by atoms with Crippen molar-refractivity contribution in [2.75, 3.05) is 0 Å². The molecule has 3 nitrogen and oxygen atoms in total. The third-order valence-electron chi connectivity index (χ3n) is 5.24. The molecule has 0 aliphatic heterocycles. The van der Waals surface area contributed by atoms with E-state index in [1.54, 1.807) is 24.3 Å². The van der Waals surface area contributed by atoms with Gasteiger partial charge in [-0.1, -0.05) is 77.4 Å². The molecule has 0 radical (unpaired) electrons. The molecule has 0 amide bonds. The molecule has 0 spiro atoms. The Morgan fingerprint density at radius 3 is 1.38 bits per heavy atom. The number of hydrogen-bond donors (Lipinski definition) is 0. The lowest BCUT2D eigenvalue weighted by Crippen LogP contribution is -2.40. The molecule has 0 aromatic heterocycles. The Morgan fingerprint density at radius 1 is 0.690 bits per heavy atom. The van der Waals surface area contributed by atoms with Gasteiger partial charge in [-0.3, -0.25) is 4.85 Å².